The topological polar surface area (TPSA) is 57.6 Å². The minimum atomic E-state index is -0.954. The van der Waals surface area contributed by atoms with Crippen LogP contribution >= 0.6 is 0 Å². The highest BCUT2D eigenvalue weighted by Gasteiger charge is 2.29. The summed E-state index contributed by atoms with van der Waals surface area (Å²) in [6.07, 6.45) is 2.45. The van der Waals surface area contributed by atoms with Crippen LogP contribution in [0.5, 0.6) is 0 Å². The number of carbonyl (C=O) groups is 2. The number of carboxylic acid groups (broad SMARTS) is 1. The minimum absolute atomic E-state index is 0.0273. The third-order valence-corrected chi connectivity index (χ3v) is 3.83. The molecule has 4 heteroatoms. The number of nitrogens with zero attached hydrogens (tertiary/aromatic N) is 1. The Bertz CT molecular complexity index is 506. The Morgan fingerprint density at radius 1 is 1.32 bits per heavy atom. The molecule has 0 spiro atoms. The predicted molar refractivity (Wildman–Crippen MR) is 73.5 cm³/mol. The van der Waals surface area contributed by atoms with E-state index in [1.54, 1.807) is 17.0 Å². The fourth-order valence-corrected chi connectivity index (χ4v) is 2.60. The van der Waals surface area contributed by atoms with Gasteiger partial charge in [-0.2, -0.15) is 0 Å². The van der Waals surface area contributed by atoms with E-state index >= 15 is 0 Å². The van der Waals surface area contributed by atoms with E-state index in [0.29, 0.717) is 6.54 Å². The van der Waals surface area contributed by atoms with Gasteiger partial charge < -0.3 is 10.0 Å². The highest BCUT2D eigenvalue weighted by atomic mass is 16.4. The molecular formula is C15H19NO3. The van der Waals surface area contributed by atoms with Crippen LogP contribution in [0.25, 0.3) is 0 Å². The standard InChI is InChI=1S/C15H19NO3/c1-3-10(4-2)14(17)16-8-7-11-5-6-12(15(18)19)9-13(11)16/h5-6,9-10H,3-4,7-8H2,1-2H3,(H,18,19). The van der Waals surface area contributed by atoms with E-state index in [1.807, 2.05) is 19.9 Å². The molecule has 0 aromatic heterocycles. The number of hydrogen-bond donors (Lipinski definition) is 1. The van der Waals surface area contributed by atoms with Gasteiger partial charge in [0.25, 0.3) is 0 Å². The van der Waals surface area contributed by atoms with E-state index in [1.165, 1.54) is 0 Å². The van der Waals surface area contributed by atoms with E-state index in [2.05, 4.69) is 0 Å². The molecule has 1 aliphatic rings. The first-order chi connectivity index (χ1) is 9.08. The SMILES string of the molecule is CCC(CC)C(=O)N1CCc2ccc(C(=O)O)cc21. The molecule has 1 aliphatic heterocycles. The van der Waals surface area contributed by atoms with Crippen LogP contribution in [0.4, 0.5) is 5.69 Å². The molecule has 1 amide bonds. The second kappa shape index (κ2) is 5.43. The van der Waals surface area contributed by atoms with Gasteiger partial charge in [-0.15, -0.1) is 0 Å². The second-order valence-electron chi connectivity index (χ2n) is 4.90. The smallest absolute Gasteiger partial charge is 0.335 e. The maximum Gasteiger partial charge on any atom is 0.335 e. The molecule has 102 valence electrons. The van der Waals surface area contributed by atoms with Crippen LogP contribution in [0.2, 0.25) is 0 Å². The number of benzene rings is 1. The Morgan fingerprint density at radius 3 is 2.58 bits per heavy atom. The number of fused-ring (bicyclic) bond motifs is 1. The lowest BCUT2D eigenvalue weighted by atomic mass is 10.0. The second-order valence-corrected chi connectivity index (χ2v) is 4.90. The molecule has 0 saturated heterocycles. The molecule has 0 saturated carbocycles. The van der Waals surface area contributed by atoms with Gasteiger partial charge in [-0.1, -0.05) is 19.9 Å². The molecule has 0 radical (unpaired) electrons. The van der Waals surface area contributed by atoms with E-state index in [9.17, 15) is 9.59 Å². The Kier molecular flexibility index (Phi) is 3.88. The summed E-state index contributed by atoms with van der Waals surface area (Å²) in [6.45, 7) is 4.68. The van der Waals surface area contributed by atoms with E-state index in [4.69, 9.17) is 5.11 Å². The Balaban J connectivity index is 2.32. The largest absolute Gasteiger partial charge is 0.478 e. The monoisotopic (exact) mass is 261 g/mol. The van der Waals surface area contributed by atoms with Crippen LogP contribution in [-0.4, -0.2) is 23.5 Å². The summed E-state index contributed by atoms with van der Waals surface area (Å²) in [5.41, 5.74) is 2.07. The average Bonchev–Trinajstić information content (AvgIpc) is 2.82. The summed E-state index contributed by atoms with van der Waals surface area (Å²) in [6, 6.07) is 5.04. The first-order valence-electron chi connectivity index (χ1n) is 6.76. The van der Waals surface area contributed by atoms with Crippen molar-refractivity contribution in [2.45, 2.75) is 33.1 Å². The molecule has 1 N–H and O–H groups in total. The van der Waals surface area contributed by atoms with Crippen molar-refractivity contribution in [2.24, 2.45) is 5.92 Å². The molecule has 0 atom stereocenters. The van der Waals surface area contributed by atoms with Crippen LogP contribution in [0, 0.1) is 5.92 Å². The molecule has 1 aromatic carbocycles. The maximum absolute atomic E-state index is 12.4. The lowest BCUT2D eigenvalue weighted by molar-refractivity contribution is -0.122. The highest BCUT2D eigenvalue weighted by molar-refractivity contribution is 5.98. The Hall–Kier alpha value is -1.84. The summed E-state index contributed by atoms with van der Waals surface area (Å²) in [7, 11) is 0. The number of rotatable bonds is 4. The van der Waals surface area contributed by atoms with Crippen molar-refractivity contribution in [2.75, 3.05) is 11.4 Å². The van der Waals surface area contributed by atoms with Gasteiger partial charge in [-0.25, -0.2) is 4.79 Å². The summed E-state index contributed by atoms with van der Waals surface area (Å²) in [5.74, 6) is -0.810. The molecule has 2 rings (SSSR count). The highest BCUT2D eigenvalue weighted by Crippen LogP contribution is 2.31. The minimum Gasteiger partial charge on any atom is -0.478 e. The van der Waals surface area contributed by atoms with Gasteiger partial charge in [0.15, 0.2) is 0 Å². The van der Waals surface area contributed by atoms with Gasteiger partial charge in [-0.05, 0) is 37.0 Å². The van der Waals surface area contributed by atoms with Crippen molar-refractivity contribution in [3.05, 3.63) is 29.3 Å². The van der Waals surface area contributed by atoms with Crippen LogP contribution < -0.4 is 4.90 Å². The molecule has 0 bridgehead atoms. The van der Waals surface area contributed by atoms with Gasteiger partial charge in [0.2, 0.25) is 5.91 Å². The van der Waals surface area contributed by atoms with Crippen molar-refractivity contribution < 1.29 is 14.7 Å². The van der Waals surface area contributed by atoms with Gasteiger partial charge in [0.05, 0.1) is 5.56 Å². The first kappa shape index (κ1) is 13.6. The Labute approximate surface area is 113 Å². The number of carbonyl (C=O) groups excluding carboxylic acids is 1. The Morgan fingerprint density at radius 2 is 2.00 bits per heavy atom. The van der Waals surface area contributed by atoms with Gasteiger partial charge >= 0.3 is 5.97 Å². The van der Waals surface area contributed by atoms with Crippen molar-refractivity contribution in [3.8, 4) is 0 Å². The summed E-state index contributed by atoms with van der Waals surface area (Å²) in [5, 5.41) is 9.04. The van der Waals surface area contributed by atoms with E-state index in [0.717, 1.165) is 30.5 Å². The van der Waals surface area contributed by atoms with Crippen molar-refractivity contribution >= 4 is 17.6 Å². The average molecular weight is 261 g/mol. The number of aromatic carboxylic acids is 1. The number of anilines is 1. The zero-order valence-electron chi connectivity index (χ0n) is 11.3. The van der Waals surface area contributed by atoms with Crippen LogP contribution in [0.3, 0.4) is 0 Å². The summed E-state index contributed by atoms with van der Waals surface area (Å²) < 4.78 is 0. The molecule has 0 aliphatic carbocycles. The zero-order chi connectivity index (χ0) is 14.0. The van der Waals surface area contributed by atoms with E-state index in [-0.39, 0.29) is 17.4 Å². The zero-order valence-corrected chi connectivity index (χ0v) is 11.3. The lowest BCUT2D eigenvalue weighted by Gasteiger charge is -2.22. The van der Waals surface area contributed by atoms with Crippen LogP contribution in [0.1, 0.15) is 42.6 Å². The van der Waals surface area contributed by atoms with Gasteiger partial charge in [-0.3, -0.25) is 4.79 Å². The van der Waals surface area contributed by atoms with Crippen molar-refractivity contribution in [1.82, 2.24) is 0 Å². The lowest BCUT2D eigenvalue weighted by Crippen LogP contribution is -2.34. The predicted octanol–water partition coefficient (Wildman–Crippen LogP) is 2.71. The molecule has 1 heterocycles. The molecule has 19 heavy (non-hydrogen) atoms. The molecule has 1 aromatic rings. The van der Waals surface area contributed by atoms with Gasteiger partial charge in [0.1, 0.15) is 0 Å². The first-order valence-corrected chi connectivity index (χ1v) is 6.76. The maximum atomic E-state index is 12.4. The molecule has 0 fully saturated rings. The van der Waals surface area contributed by atoms with Crippen LogP contribution in [-0.2, 0) is 11.2 Å². The van der Waals surface area contributed by atoms with Crippen molar-refractivity contribution in [1.29, 1.82) is 0 Å². The molecular weight excluding hydrogens is 242 g/mol. The van der Waals surface area contributed by atoms with Gasteiger partial charge in [0, 0.05) is 18.2 Å². The fourth-order valence-electron chi connectivity index (χ4n) is 2.60. The fraction of sp³-hybridized carbons (Fsp3) is 0.467. The van der Waals surface area contributed by atoms with E-state index < -0.39 is 5.97 Å². The number of amides is 1. The molecule has 4 nitrogen and oxygen atoms in total. The quantitative estimate of drug-likeness (QED) is 0.906. The number of carboxylic acids is 1. The molecule has 0 unspecified atom stereocenters. The van der Waals surface area contributed by atoms with Crippen molar-refractivity contribution in [3.63, 3.8) is 0 Å². The third kappa shape index (κ3) is 2.48. The summed E-state index contributed by atoms with van der Waals surface area (Å²) >= 11 is 0. The summed E-state index contributed by atoms with van der Waals surface area (Å²) in [4.78, 5) is 25.2. The normalized spacial score (nSPS) is 13.7. The third-order valence-electron chi connectivity index (χ3n) is 3.83. The van der Waals surface area contributed by atoms with Crippen LogP contribution in [0.15, 0.2) is 18.2 Å². The number of hydrogen-bond acceptors (Lipinski definition) is 2.